The third-order valence-corrected chi connectivity index (χ3v) is 4.06. The zero-order valence-electron chi connectivity index (χ0n) is 13.1. The van der Waals surface area contributed by atoms with E-state index in [9.17, 15) is 9.59 Å². The molecule has 0 aliphatic carbocycles. The number of nitrogens with one attached hydrogen (secondary N) is 2. The first kappa shape index (κ1) is 15.5. The molecule has 1 aromatic carbocycles. The Hall–Kier alpha value is -2.40. The number of aryl methyl sites for hydroxylation is 1. The molecular formula is C18H20N2O3. The predicted octanol–water partition coefficient (Wildman–Crippen LogP) is 2.12. The minimum absolute atomic E-state index is 0.139. The van der Waals surface area contributed by atoms with Crippen molar-refractivity contribution in [2.75, 3.05) is 19.8 Å². The fourth-order valence-electron chi connectivity index (χ4n) is 2.71. The lowest BCUT2D eigenvalue weighted by Gasteiger charge is -2.09. The molecule has 120 valence electrons. The minimum atomic E-state index is -0.371. The highest BCUT2D eigenvalue weighted by atomic mass is 16.5. The highest BCUT2D eigenvalue weighted by molar-refractivity contribution is 5.94. The van der Waals surface area contributed by atoms with E-state index in [1.807, 2.05) is 31.2 Å². The first-order valence-corrected chi connectivity index (χ1v) is 7.80. The highest BCUT2D eigenvalue weighted by Crippen LogP contribution is 2.17. The van der Waals surface area contributed by atoms with Crippen LogP contribution < -0.4 is 10.9 Å². The number of hydrogen-bond acceptors (Lipinski definition) is 3. The van der Waals surface area contributed by atoms with Gasteiger partial charge in [0.25, 0.3) is 11.5 Å². The van der Waals surface area contributed by atoms with Crippen molar-refractivity contribution in [2.24, 2.45) is 5.92 Å². The van der Waals surface area contributed by atoms with Crippen molar-refractivity contribution in [1.29, 1.82) is 0 Å². The Morgan fingerprint density at radius 2 is 2.22 bits per heavy atom. The summed E-state index contributed by atoms with van der Waals surface area (Å²) in [6.07, 6.45) is 0.947. The molecule has 1 aliphatic heterocycles. The van der Waals surface area contributed by atoms with Crippen LogP contribution in [0.1, 0.15) is 22.3 Å². The molecule has 0 unspecified atom stereocenters. The van der Waals surface area contributed by atoms with Gasteiger partial charge in [0.15, 0.2) is 0 Å². The van der Waals surface area contributed by atoms with Crippen molar-refractivity contribution in [3.05, 3.63) is 57.9 Å². The van der Waals surface area contributed by atoms with E-state index in [-0.39, 0.29) is 17.0 Å². The molecule has 2 aromatic rings. The number of aromatic amines is 1. The largest absolute Gasteiger partial charge is 0.381 e. The van der Waals surface area contributed by atoms with Crippen molar-refractivity contribution in [3.8, 4) is 11.3 Å². The van der Waals surface area contributed by atoms with Crippen LogP contribution in [0.25, 0.3) is 11.3 Å². The molecule has 1 atom stereocenters. The summed E-state index contributed by atoms with van der Waals surface area (Å²) in [5, 5.41) is 2.81. The van der Waals surface area contributed by atoms with Gasteiger partial charge in [-0.05, 0) is 37.1 Å². The Morgan fingerprint density at radius 3 is 2.91 bits per heavy atom. The summed E-state index contributed by atoms with van der Waals surface area (Å²) in [5.74, 6) is -0.00135. The molecule has 1 aliphatic rings. The molecule has 1 saturated heterocycles. The second-order valence-corrected chi connectivity index (χ2v) is 5.92. The van der Waals surface area contributed by atoms with E-state index in [2.05, 4.69) is 10.3 Å². The van der Waals surface area contributed by atoms with Crippen LogP contribution in [0.5, 0.6) is 0 Å². The van der Waals surface area contributed by atoms with E-state index in [1.165, 1.54) is 0 Å². The van der Waals surface area contributed by atoms with Gasteiger partial charge in [-0.25, -0.2) is 0 Å². The summed E-state index contributed by atoms with van der Waals surface area (Å²) < 4.78 is 5.27. The number of ether oxygens (including phenoxy) is 1. The van der Waals surface area contributed by atoms with Crippen molar-refractivity contribution < 1.29 is 9.53 Å². The Morgan fingerprint density at radius 1 is 1.35 bits per heavy atom. The molecule has 1 aromatic heterocycles. The molecule has 23 heavy (non-hydrogen) atoms. The number of hydrogen-bond donors (Lipinski definition) is 2. The molecule has 2 N–H and O–H groups in total. The first-order chi connectivity index (χ1) is 11.1. The maximum atomic E-state index is 12.2. The topological polar surface area (TPSA) is 71.2 Å². The quantitative estimate of drug-likeness (QED) is 0.908. The summed E-state index contributed by atoms with van der Waals surface area (Å²) in [6, 6.07) is 11.2. The Labute approximate surface area is 134 Å². The molecule has 0 saturated carbocycles. The van der Waals surface area contributed by atoms with Gasteiger partial charge in [-0.1, -0.05) is 23.8 Å². The molecule has 5 nitrogen and oxygen atoms in total. The van der Waals surface area contributed by atoms with E-state index >= 15 is 0 Å². The van der Waals surface area contributed by atoms with E-state index in [0.717, 1.165) is 24.2 Å². The minimum Gasteiger partial charge on any atom is -0.381 e. The van der Waals surface area contributed by atoms with Crippen molar-refractivity contribution in [3.63, 3.8) is 0 Å². The third-order valence-electron chi connectivity index (χ3n) is 4.06. The number of amides is 1. The zero-order valence-corrected chi connectivity index (χ0v) is 13.1. The normalized spacial score (nSPS) is 17.2. The van der Waals surface area contributed by atoms with Crippen LogP contribution in [-0.2, 0) is 4.74 Å². The van der Waals surface area contributed by atoms with Gasteiger partial charge in [0.2, 0.25) is 0 Å². The van der Waals surface area contributed by atoms with Crippen molar-refractivity contribution in [1.82, 2.24) is 10.3 Å². The number of H-pyrrole nitrogens is 1. The number of benzene rings is 1. The van der Waals surface area contributed by atoms with Crippen LogP contribution in [0, 0.1) is 12.8 Å². The summed E-state index contributed by atoms with van der Waals surface area (Å²) in [7, 11) is 0. The van der Waals surface area contributed by atoms with E-state index in [1.54, 1.807) is 12.1 Å². The van der Waals surface area contributed by atoms with Gasteiger partial charge in [0.1, 0.15) is 5.56 Å². The van der Waals surface area contributed by atoms with Crippen LogP contribution in [0.2, 0.25) is 0 Å². The molecule has 2 heterocycles. The lowest BCUT2D eigenvalue weighted by atomic mass is 10.1. The van der Waals surface area contributed by atoms with Gasteiger partial charge in [-0.15, -0.1) is 0 Å². The van der Waals surface area contributed by atoms with Gasteiger partial charge < -0.3 is 15.0 Å². The van der Waals surface area contributed by atoms with Crippen LogP contribution in [0.4, 0.5) is 0 Å². The number of carbonyl (C=O) groups excluding carboxylic acids is 1. The smallest absolute Gasteiger partial charge is 0.261 e. The molecular weight excluding hydrogens is 292 g/mol. The molecule has 5 heteroatoms. The van der Waals surface area contributed by atoms with Gasteiger partial charge in [0.05, 0.1) is 6.61 Å². The molecule has 0 spiro atoms. The maximum Gasteiger partial charge on any atom is 0.261 e. The SMILES string of the molecule is Cc1cccc(-c2ccc(C(=O)NC[C@@H]3CCOC3)c(=O)[nH]2)c1. The summed E-state index contributed by atoms with van der Waals surface area (Å²) in [5.41, 5.74) is 2.52. The second-order valence-electron chi connectivity index (χ2n) is 5.92. The van der Waals surface area contributed by atoms with Crippen LogP contribution >= 0.6 is 0 Å². The third kappa shape index (κ3) is 3.68. The monoisotopic (exact) mass is 312 g/mol. The summed E-state index contributed by atoms with van der Waals surface area (Å²) in [6.45, 7) is 3.95. The van der Waals surface area contributed by atoms with E-state index < -0.39 is 0 Å². The number of aromatic nitrogens is 1. The Bertz CT molecular complexity index is 761. The first-order valence-electron chi connectivity index (χ1n) is 7.80. The average molecular weight is 312 g/mol. The second kappa shape index (κ2) is 6.79. The Balaban J connectivity index is 1.73. The van der Waals surface area contributed by atoms with Crippen LogP contribution in [0.3, 0.4) is 0 Å². The predicted molar refractivity (Wildman–Crippen MR) is 88.5 cm³/mol. The van der Waals surface area contributed by atoms with Gasteiger partial charge in [-0.3, -0.25) is 9.59 Å². The van der Waals surface area contributed by atoms with Crippen LogP contribution in [0.15, 0.2) is 41.2 Å². The number of pyridine rings is 1. The fraction of sp³-hybridized carbons (Fsp3) is 0.333. The van der Waals surface area contributed by atoms with E-state index in [0.29, 0.717) is 24.8 Å². The zero-order chi connectivity index (χ0) is 16.2. The fourth-order valence-corrected chi connectivity index (χ4v) is 2.71. The number of rotatable bonds is 4. The molecule has 3 rings (SSSR count). The lowest BCUT2D eigenvalue weighted by molar-refractivity contribution is 0.0943. The molecule has 1 fully saturated rings. The Kier molecular flexibility index (Phi) is 4.57. The van der Waals surface area contributed by atoms with Gasteiger partial charge in [-0.2, -0.15) is 0 Å². The molecule has 1 amide bonds. The van der Waals surface area contributed by atoms with Crippen molar-refractivity contribution >= 4 is 5.91 Å². The van der Waals surface area contributed by atoms with Crippen molar-refractivity contribution in [2.45, 2.75) is 13.3 Å². The standard InChI is InChI=1S/C18H20N2O3/c1-12-3-2-4-14(9-12)16-6-5-15(18(22)20-16)17(21)19-10-13-7-8-23-11-13/h2-6,9,13H,7-8,10-11H2,1H3,(H,19,21)(H,20,22)/t13-/m0/s1. The maximum absolute atomic E-state index is 12.2. The molecule has 0 bridgehead atoms. The van der Waals surface area contributed by atoms with Gasteiger partial charge in [0, 0.05) is 24.8 Å². The lowest BCUT2D eigenvalue weighted by Crippen LogP contribution is -2.33. The summed E-state index contributed by atoms with van der Waals surface area (Å²) in [4.78, 5) is 27.1. The van der Waals surface area contributed by atoms with Crippen LogP contribution in [-0.4, -0.2) is 30.6 Å². The van der Waals surface area contributed by atoms with Gasteiger partial charge >= 0.3 is 0 Å². The molecule has 0 radical (unpaired) electrons. The highest BCUT2D eigenvalue weighted by Gasteiger charge is 2.18. The van der Waals surface area contributed by atoms with E-state index in [4.69, 9.17) is 4.74 Å². The number of carbonyl (C=O) groups is 1. The summed E-state index contributed by atoms with van der Waals surface area (Å²) >= 11 is 0. The average Bonchev–Trinajstić information content (AvgIpc) is 3.06.